The van der Waals surface area contributed by atoms with Gasteiger partial charge in [-0.3, -0.25) is 4.98 Å². The Morgan fingerprint density at radius 1 is 1.21 bits per heavy atom. The Kier molecular flexibility index (Phi) is 4.47. The molecule has 0 saturated heterocycles. The van der Waals surface area contributed by atoms with Gasteiger partial charge < -0.3 is 10.5 Å². The van der Waals surface area contributed by atoms with Gasteiger partial charge in [-0.05, 0) is 30.2 Å². The third kappa shape index (κ3) is 3.51. The van der Waals surface area contributed by atoms with Crippen LogP contribution < -0.4 is 10.5 Å². The van der Waals surface area contributed by atoms with E-state index in [2.05, 4.69) is 4.98 Å². The molecule has 1 aromatic carbocycles. The fourth-order valence-corrected chi connectivity index (χ4v) is 2.01. The van der Waals surface area contributed by atoms with E-state index in [-0.39, 0.29) is 17.6 Å². The second-order valence-electron chi connectivity index (χ2n) is 4.42. The second kappa shape index (κ2) is 6.29. The largest absolute Gasteiger partial charge is 0.494 e. The molecule has 0 fully saturated rings. The van der Waals surface area contributed by atoms with Crippen molar-refractivity contribution >= 4 is 0 Å². The van der Waals surface area contributed by atoms with Crippen molar-refractivity contribution in [1.29, 1.82) is 0 Å². The quantitative estimate of drug-likeness (QED) is 0.897. The number of nitrogens with zero attached hydrogens (tertiary/aromatic N) is 1. The van der Waals surface area contributed by atoms with Gasteiger partial charge in [-0.2, -0.15) is 0 Å². The van der Waals surface area contributed by atoms with Crippen molar-refractivity contribution in [3.8, 4) is 5.75 Å². The normalized spacial score (nSPS) is 12.2. The van der Waals surface area contributed by atoms with Gasteiger partial charge in [0, 0.05) is 24.4 Å². The van der Waals surface area contributed by atoms with E-state index in [1.807, 2.05) is 18.2 Å². The van der Waals surface area contributed by atoms with Gasteiger partial charge >= 0.3 is 0 Å². The first-order chi connectivity index (χ1) is 9.20. The average Bonchev–Trinajstić information content (AvgIpc) is 2.42. The minimum Gasteiger partial charge on any atom is -0.494 e. The van der Waals surface area contributed by atoms with Gasteiger partial charge in [0.2, 0.25) is 0 Å². The summed E-state index contributed by atoms with van der Waals surface area (Å²) in [5.74, 6) is -0.0796. The van der Waals surface area contributed by atoms with Crippen LogP contribution in [0.15, 0.2) is 42.6 Å². The Morgan fingerprint density at radius 2 is 2.05 bits per heavy atom. The molecule has 0 bridgehead atoms. The maximum atomic E-state index is 14.0. The predicted octanol–water partition coefficient (Wildman–Crippen LogP) is 2.34. The molecule has 4 heteroatoms. The molecule has 100 valence electrons. The first-order valence-electron chi connectivity index (χ1n) is 6.17. The Labute approximate surface area is 112 Å². The predicted molar refractivity (Wildman–Crippen MR) is 72.6 cm³/mol. The summed E-state index contributed by atoms with van der Waals surface area (Å²) in [5, 5.41) is 0. The second-order valence-corrected chi connectivity index (χ2v) is 4.42. The van der Waals surface area contributed by atoms with E-state index in [9.17, 15) is 4.39 Å². The number of ether oxygens (including phenoxy) is 1. The molecule has 0 aliphatic rings. The fourth-order valence-electron chi connectivity index (χ4n) is 2.01. The molecule has 2 N–H and O–H groups in total. The molecule has 2 rings (SSSR count). The third-order valence-corrected chi connectivity index (χ3v) is 2.94. The lowest BCUT2D eigenvalue weighted by molar-refractivity contribution is 0.383. The van der Waals surface area contributed by atoms with Crippen molar-refractivity contribution in [2.45, 2.75) is 18.9 Å². The molecule has 0 aliphatic heterocycles. The number of hydrogen-bond donors (Lipinski definition) is 1. The van der Waals surface area contributed by atoms with Gasteiger partial charge in [-0.15, -0.1) is 0 Å². The highest BCUT2D eigenvalue weighted by molar-refractivity contribution is 5.31. The summed E-state index contributed by atoms with van der Waals surface area (Å²) in [6, 6.07) is 10.6. The molecular formula is C15H17FN2O. The van der Waals surface area contributed by atoms with Gasteiger partial charge in [0.1, 0.15) is 0 Å². The third-order valence-electron chi connectivity index (χ3n) is 2.94. The van der Waals surface area contributed by atoms with Crippen LogP contribution in [0.2, 0.25) is 0 Å². The molecule has 3 nitrogen and oxygen atoms in total. The zero-order chi connectivity index (χ0) is 13.7. The topological polar surface area (TPSA) is 48.1 Å². The first-order valence-corrected chi connectivity index (χ1v) is 6.17. The zero-order valence-corrected chi connectivity index (χ0v) is 10.8. The average molecular weight is 260 g/mol. The summed E-state index contributed by atoms with van der Waals surface area (Å²) in [4.78, 5) is 4.22. The van der Waals surface area contributed by atoms with E-state index < -0.39 is 0 Å². The minimum atomic E-state index is -0.332. The van der Waals surface area contributed by atoms with E-state index in [0.717, 1.165) is 5.69 Å². The SMILES string of the molecule is COc1cccc(CC(N)Cc2ccccn2)c1F. The van der Waals surface area contributed by atoms with Crippen LogP contribution in [0.5, 0.6) is 5.75 Å². The number of methoxy groups -OCH3 is 1. The standard InChI is InChI=1S/C15H17FN2O/c1-19-14-7-4-5-11(15(14)16)9-12(17)10-13-6-2-3-8-18-13/h2-8,12H,9-10,17H2,1H3. The van der Waals surface area contributed by atoms with Gasteiger partial charge in [0.05, 0.1) is 7.11 Å². The van der Waals surface area contributed by atoms with Crippen LogP contribution in [0.25, 0.3) is 0 Å². The summed E-state index contributed by atoms with van der Waals surface area (Å²) >= 11 is 0. The molecule has 1 aromatic heterocycles. The first kappa shape index (κ1) is 13.5. The van der Waals surface area contributed by atoms with Crippen LogP contribution in [0.1, 0.15) is 11.3 Å². The summed E-state index contributed by atoms with van der Waals surface area (Å²) in [6.07, 6.45) is 2.81. The molecular weight excluding hydrogens is 243 g/mol. The zero-order valence-electron chi connectivity index (χ0n) is 10.8. The van der Waals surface area contributed by atoms with Crippen molar-refractivity contribution in [3.05, 3.63) is 59.7 Å². The van der Waals surface area contributed by atoms with Crippen LogP contribution >= 0.6 is 0 Å². The number of halogens is 1. The summed E-state index contributed by atoms with van der Waals surface area (Å²) in [5.41, 5.74) is 7.54. The lowest BCUT2D eigenvalue weighted by Crippen LogP contribution is -2.26. The maximum absolute atomic E-state index is 14.0. The monoisotopic (exact) mass is 260 g/mol. The van der Waals surface area contributed by atoms with Gasteiger partial charge in [0.15, 0.2) is 11.6 Å². The van der Waals surface area contributed by atoms with Gasteiger partial charge in [-0.25, -0.2) is 4.39 Å². The van der Waals surface area contributed by atoms with Gasteiger partial charge in [-0.1, -0.05) is 18.2 Å². The van der Waals surface area contributed by atoms with Crippen molar-refractivity contribution in [2.24, 2.45) is 5.73 Å². The fraction of sp³-hybridized carbons (Fsp3) is 0.267. The lowest BCUT2D eigenvalue weighted by atomic mass is 10.0. The number of aromatic nitrogens is 1. The molecule has 0 radical (unpaired) electrons. The summed E-state index contributed by atoms with van der Waals surface area (Å²) in [6.45, 7) is 0. The highest BCUT2D eigenvalue weighted by Crippen LogP contribution is 2.21. The summed E-state index contributed by atoms with van der Waals surface area (Å²) < 4.78 is 18.9. The van der Waals surface area contributed by atoms with Crippen LogP contribution in [-0.2, 0) is 12.8 Å². The van der Waals surface area contributed by atoms with E-state index >= 15 is 0 Å². The Morgan fingerprint density at radius 3 is 2.74 bits per heavy atom. The van der Waals surface area contributed by atoms with Crippen LogP contribution in [0.3, 0.4) is 0 Å². The number of rotatable bonds is 5. The smallest absolute Gasteiger partial charge is 0.168 e. The van der Waals surface area contributed by atoms with Crippen molar-refractivity contribution in [1.82, 2.24) is 4.98 Å². The van der Waals surface area contributed by atoms with Crippen molar-refractivity contribution in [2.75, 3.05) is 7.11 Å². The van der Waals surface area contributed by atoms with Crippen molar-refractivity contribution in [3.63, 3.8) is 0 Å². The Hall–Kier alpha value is -1.94. The maximum Gasteiger partial charge on any atom is 0.168 e. The molecule has 0 amide bonds. The highest BCUT2D eigenvalue weighted by Gasteiger charge is 2.12. The van der Waals surface area contributed by atoms with Crippen LogP contribution in [-0.4, -0.2) is 18.1 Å². The lowest BCUT2D eigenvalue weighted by Gasteiger charge is -2.13. The van der Waals surface area contributed by atoms with E-state index in [1.165, 1.54) is 7.11 Å². The highest BCUT2D eigenvalue weighted by atomic mass is 19.1. The molecule has 1 unspecified atom stereocenters. The molecule has 0 aliphatic carbocycles. The van der Waals surface area contributed by atoms with Crippen LogP contribution in [0.4, 0.5) is 4.39 Å². The summed E-state index contributed by atoms with van der Waals surface area (Å²) in [7, 11) is 1.45. The molecule has 1 atom stereocenters. The van der Waals surface area contributed by atoms with Crippen molar-refractivity contribution < 1.29 is 9.13 Å². The van der Waals surface area contributed by atoms with Crippen LogP contribution in [0, 0.1) is 5.82 Å². The number of benzene rings is 1. The number of pyridine rings is 1. The van der Waals surface area contributed by atoms with E-state index in [1.54, 1.807) is 24.4 Å². The molecule has 19 heavy (non-hydrogen) atoms. The molecule has 1 heterocycles. The minimum absolute atomic E-state index is 0.170. The van der Waals surface area contributed by atoms with E-state index in [4.69, 9.17) is 10.5 Å². The number of nitrogens with two attached hydrogens (primary N) is 1. The van der Waals surface area contributed by atoms with Gasteiger partial charge in [0.25, 0.3) is 0 Å². The van der Waals surface area contributed by atoms with E-state index in [0.29, 0.717) is 18.4 Å². The Bertz CT molecular complexity index is 531. The molecule has 0 saturated carbocycles. The molecule has 0 spiro atoms. The number of hydrogen-bond acceptors (Lipinski definition) is 3. The Balaban J connectivity index is 2.05. The molecule has 2 aromatic rings.